The number of ether oxygens (including phenoxy) is 2. The smallest absolute Gasteiger partial charge is 0.255 e. The number of nitrogens with zero attached hydrogens (tertiary/aromatic N) is 1. The van der Waals surface area contributed by atoms with Crippen molar-refractivity contribution in [1.82, 2.24) is 26.2 Å². The molecule has 0 saturated carbocycles. The lowest BCUT2D eigenvalue weighted by Gasteiger charge is -2.28. The summed E-state index contributed by atoms with van der Waals surface area (Å²) in [5, 5.41) is 11.4. The molecule has 2 aliphatic heterocycles. The van der Waals surface area contributed by atoms with Gasteiger partial charge in [0.15, 0.2) is 0 Å². The molecule has 0 aromatic heterocycles. The van der Waals surface area contributed by atoms with E-state index in [2.05, 4.69) is 21.3 Å². The molecule has 1 fully saturated rings. The Morgan fingerprint density at radius 1 is 0.898 bits per heavy atom. The molecule has 4 N–H and O–H groups in total. The summed E-state index contributed by atoms with van der Waals surface area (Å²) in [6.07, 6.45) is 1.86. The van der Waals surface area contributed by atoms with Gasteiger partial charge in [0, 0.05) is 26.1 Å². The normalized spacial score (nSPS) is 20.7. The van der Waals surface area contributed by atoms with Crippen molar-refractivity contribution in [2.75, 3.05) is 33.4 Å². The SMILES string of the molecule is COc1ccc(CCNC(=O)[C@@H]2CC(=O)N3CCC[C@@H]3C(=O)N[C@@H](Cc3ccccc3)C(=O)NCCCOc3ccccc3C(=O)N2)cc1. The number of rotatable bonds is 7. The maximum absolute atomic E-state index is 13.8. The number of fused-ring (bicyclic) bond motifs is 2. The molecule has 12 heteroatoms. The van der Waals surface area contributed by atoms with Gasteiger partial charge in [-0.25, -0.2) is 0 Å². The molecule has 1 saturated heterocycles. The van der Waals surface area contributed by atoms with Crippen LogP contribution >= 0.6 is 0 Å². The van der Waals surface area contributed by atoms with Crippen LogP contribution in [0.5, 0.6) is 11.5 Å². The molecular formula is C37H43N5O7. The van der Waals surface area contributed by atoms with E-state index in [1.807, 2.05) is 54.6 Å². The fourth-order valence-electron chi connectivity index (χ4n) is 6.02. The fourth-order valence-corrected chi connectivity index (χ4v) is 6.02. The molecule has 0 bridgehead atoms. The lowest BCUT2D eigenvalue weighted by Crippen LogP contribution is -2.55. The third kappa shape index (κ3) is 9.59. The van der Waals surface area contributed by atoms with Crippen molar-refractivity contribution < 1.29 is 33.4 Å². The average Bonchev–Trinajstić information content (AvgIpc) is 3.62. The Balaban J connectivity index is 1.36. The summed E-state index contributed by atoms with van der Waals surface area (Å²) >= 11 is 0. The Morgan fingerprint density at radius 2 is 1.65 bits per heavy atom. The van der Waals surface area contributed by atoms with E-state index >= 15 is 0 Å². The monoisotopic (exact) mass is 669 g/mol. The van der Waals surface area contributed by atoms with Crippen molar-refractivity contribution in [3.8, 4) is 11.5 Å². The summed E-state index contributed by atoms with van der Waals surface area (Å²) in [6, 6.07) is 20.6. The van der Waals surface area contributed by atoms with E-state index in [1.165, 1.54) is 4.90 Å². The molecule has 0 spiro atoms. The fraction of sp³-hybridized carbons (Fsp3) is 0.378. The van der Waals surface area contributed by atoms with Crippen molar-refractivity contribution in [2.45, 2.75) is 56.7 Å². The van der Waals surface area contributed by atoms with Crippen LogP contribution in [0.2, 0.25) is 0 Å². The highest BCUT2D eigenvalue weighted by molar-refractivity contribution is 6.01. The predicted octanol–water partition coefficient (Wildman–Crippen LogP) is 2.16. The van der Waals surface area contributed by atoms with Gasteiger partial charge in [-0.3, -0.25) is 24.0 Å². The number of para-hydroxylation sites is 1. The van der Waals surface area contributed by atoms with E-state index < -0.39 is 41.8 Å². The van der Waals surface area contributed by atoms with Crippen LogP contribution in [0.25, 0.3) is 0 Å². The molecule has 0 radical (unpaired) electrons. The minimum absolute atomic E-state index is 0.199. The zero-order chi connectivity index (χ0) is 34.6. The van der Waals surface area contributed by atoms with Gasteiger partial charge in [-0.1, -0.05) is 54.6 Å². The van der Waals surface area contributed by atoms with Gasteiger partial charge in [-0.15, -0.1) is 0 Å². The first kappa shape index (κ1) is 34.9. The zero-order valence-corrected chi connectivity index (χ0v) is 27.6. The number of carbonyl (C=O) groups excluding carboxylic acids is 5. The molecule has 258 valence electrons. The molecule has 3 atom stereocenters. The van der Waals surface area contributed by atoms with Crippen molar-refractivity contribution in [3.05, 3.63) is 95.6 Å². The lowest BCUT2D eigenvalue weighted by atomic mass is 10.0. The van der Waals surface area contributed by atoms with E-state index in [0.29, 0.717) is 38.0 Å². The summed E-state index contributed by atoms with van der Waals surface area (Å²) < 4.78 is 11.1. The van der Waals surface area contributed by atoms with Crippen LogP contribution in [-0.2, 0) is 32.0 Å². The average molecular weight is 670 g/mol. The summed E-state index contributed by atoms with van der Waals surface area (Å²) in [6.45, 7) is 1.06. The predicted molar refractivity (Wildman–Crippen MR) is 182 cm³/mol. The minimum atomic E-state index is -1.22. The third-order valence-electron chi connectivity index (χ3n) is 8.67. The topological polar surface area (TPSA) is 155 Å². The van der Waals surface area contributed by atoms with Gasteiger partial charge >= 0.3 is 0 Å². The Labute approximate surface area is 285 Å². The van der Waals surface area contributed by atoms with Crippen LogP contribution in [0.3, 0.4) is 0 Å². The van der Waals surface area contributed by atoms with E-state index in [0.717, 1.165) is 16.9 Å². The number of methoxy groups -OCH3 is 1. The molecule has 3 aromatic carbocycles. The van der Waals surface area contributed by atoms with Crippen LogP contribution in [0.4, 0.5) is 0 Å². The van der Waals surface area contributed by atoms with Crippen LogP contribution in [-0.4, -0.2) is 85.9 Å². The van der Waals surface area contributed by atoms with Gasteiger partial charge in [0.1, 0.15) is 29.6 Å². The number of carbonyl (C=O) groups is 5. The molecule has 0 unspecified atom stereocenters. The van der Waals surface area contributed by atoms with E-state index in [9.17, 15) is 24.0 Å². The third-order valence-corrected chi connectivity index (χ3v) is 8.67. The van der Waals surface area contributed by atoms with E-state index in [-0.39, 0.29) is 44.0 Å². The summed E-state index contributed by atoms with van der Waals surface area (Å²) in [7, 11) is 1.59. The minimum Gasteiger partial charge on any atom is -0.497 e. The highest BCUT2D eigenvalue weighted by Gasteiger charge is 2.38. The molecule has 2 heterocycles. The second-order valence-corrected chi connectivity index (χ2v) is 12.1. The van der Waals surface area contributed by atoms with Crippen molar-refractivity contribution >= 4 is 29.5 Å². The van der Waals surface area contributed by atoms with Gasteiger partial charge < -0.3 is 35.6 Å². The Bertz CT molecular complexity index is 1610. The van der Waals surface area contributed by atoms with Crippen molar-refractivity contribution in [1.29, 1.82) is 0 Å². The summed E-state index contributed by atoms with van der Waals surface area (Å²) in [4.78, 5) is 69.3. The van der Waals surface area contributed by atoms with Crippen LogP contribution in [0.15, 0.2) is 78.9 Å². The van der Waals surface area contributed by atoms with Gasteiger partial charge in [-0.2, -0.15) is 0 Å². The van der Waals surface area contributed by atoms with Crippen molar-refractivity contribution in [2.24, 2.45) is 0 Å². The summed E-state index contributed by atoms with van der Waals surface area (Å²) in [5.74, 6) is -1.31. The first-order valence-electron chi connectivity index (χ1n) is 16.7. The molecule has 0 aliphatic carbocycles. The van der Waals surface area contributed by atoms with Gasteiger partial charge in [0.05, 0.1) is 25.7 Å². The molecule has 5 amide bonds. The van der Waals surface area contributed by atoms with Gasteiger partial charge in [0.25, 0.3) is 5.91 Å². The number of nitrogens with one attached hydrogen (secondary N) is 4. The molecule has 3 aromatic rings. The Kier molecular flexibility index (Phi) is 12.2. The van der Waals surface area contributed by atoms with Gasteiger partial charge in [0.2, 0.25) is 23.6 Å². The molecule has 5 rings (SSSR count). The van der Waals surface area contributed by atoms with Crippen LogP contribution in [0.1, 0.15) is 47.2 Å². The number of hydrogen-bond acceptors (Lipinski definition) is 7. The number of amides is 5. The number of benzene rings is 3. The Hall–Kier alpha value is -5.39. The van der Waals surface area contributed by atoms with E-state index in [1.54, 1.807) is 31.4 Å². The highest BCUT2D eigenvalue weighted by Crippen LogP contribution is 2.22. The lowest BCUT2D eigenvalue weighted by molar-refractivity contribution is -0.140. The summed E-state index contributed by atoms with van der Waals surface area (Å²) in [5.41, 5.74) is 2.06. The Morgan fingerprint density at radius 3 is 2.43 bits per heavy atom. The standard InChI is InChI=1S/C37H43N5O7/c1-48-27-16-14-25(15-17-27)18-20-39-36(46)30-24-33(43)42-21-7-12-31(42)37(47)41-29(23-26-9-3-2-4-10-26)35(45)38-19-8-22-49-32-13-6-5-11-28(32)34(44)40-30/h2-6,9-11,13-17,29-31H,7-8,12,18-24H2,1H3,(H,38,45)(H,39,46)(H,40,44)(H,41,47)/t29-,30-,31+/m0/s1. The largest absolute Gasteiger partial charge is 0.497 e. The van der Waals surface area contributed by atoms with Crippen LogP contribution in [0, 0.1) is 0 Å². The molecule has 49 heavy (non-hydrogen) atoms. The first-order valence-corrected chi connectivity index (χ1v) is 16.7. The van der Waals surface area contributed by atoms with Gasteiger partial charge in [-0.05, 0) is 61.1 Å². The quantitative estimate of drug-likeness (QED) is 0.301. The maximum atomic E-state index is 13.8. The molecule has 2 aliphatic rings. The zero-order valence-electron chi connectivity index (χ0n) is 27.6. The molecular weight excluding hydrogens is 626 g/mol. The second-order valence-electron chi connectivity index (χ2n) is 12.1. The highest BCUT2D eigenvalue weighted by atomic mass is 16.5. The second kappa shape index (κ2) is 17.1. The number of hydrogen-bond donors (Lipinski definition) is 4. The molecule has 12 nitrogen and oxygen atoms in total. The van der Waals surface area contributed by atoms with E-state index in [4.69, 9.17) is 9.47 Å². The first-order chi connectivity index (χ1) is 23.8. The van der Waals surface area contributed by atoms with Crippen LogP contribution < -0.4 is 30.7 Å². The maximum Gasteiger partial charge on any atom is 0.255 e. The van der Waals surface area contributed by atoms with Crippen molar-refractivity contribution in [3.63, 3.8) is 0 Å².